The second-order valence-corrected chi connectivity index (χ2v) is 5.80. The van der Waals surface area contributed by atoms with Gasteiger partial charge in [0.15, 0.2) is 4.67 Å². The van der Waals surface area contributed by atoms with Crippen molar-refractivity contribution in [2.75, 3.05) is 6.54 Å². The third-order valence-electron chi connectivity index (χ3n) is 3.66. The van der Waals surface area contributed by atoms with Crippen LogP contribution in [-0.4, -0.2) is 33.2 Å². The number of carbonyl (C=O) groups is 1. The van der Waals surface area contributed by atoms with Crippen LogP contribution in [0.5, 0.6) is 0 Å². The topological polar surface area (TPSA) is 51.3 Å². The number of aromatic nitrogens is 2. The van der Waals surface area contributed by atoms with Gasteiger partial charge in [-0.3, -0.25) is 9.48 Å². The molecule has 2 aromatic heterocycles. The van der Waals surface area contributed by atoms with Gasteiger partial charge in [-0.15, -0.1) is 0 Å². The first kappa shape index (κ1) is 13.4. The molecule has 1 aliphatic rings. The Balaban J connectivity index is 1.76. The summed E-state index contributed by atoms with van der Waals surface area (Å²) in [6, 6.07) is 3.83. The van der Waals surface area contributed by atoms with Crippen LogP contribution in [-0.2, 0) is 6.54 Å². The molecule has 1 fully saturated rings. The molecule has 1 saturated heterocycles. The zero-order chi connectivity index (χ0) is 13.9. The molecular formula is C14H16BrN3O2. The number of furan rings is 1. The lowest BCUT2D eigenvalue weighted by molar-refractivity contribution is 0.0583. The Morgan fingerprint density at radius 3 is 3.10 bits per heavy atom. The maximum atomic E-state index is 12.6. The van der Waals surface area contributed by atoms with Crippen molar-refractivity contribution in [2.45, 2.75) is 31.8 Å². The van der Waals surface area contributed by atoms with Crippen LogP contribution in [0.15, 0.2) is 39.9 Å². The van der Waals surface area contributed by atoms with Crippen LogP contribution in [0.2, 0.25) is 0 Å². The summed E-state index contributed by atoms with van der Waals surface area (Å²) < 4.78 is 7.64. The first-order chi connectivity index (χ1) is 9.74. The van der Waals surface area contributed by atoms with E-state index in [4.69, 9.17) is 4.42 Å². The smallest absolute Gasteiger partial charge is 0.257 e. The minimum absolute atomic E-state index is 0.0382. The molecule has 1 atom stereocenters. The highest BCUT2D eigenvalue weighted by molar-refractivity contribution is 9.10. The zero-order valence-electron chi connectivity index (χ0n) is 11.0. The van der Waals surface area contributed by atoms with Gasteiger partial charge in [-0.25, -0.2) is 0 Å². The van der Waals surface area contributed by atoms with Crippen LogP contribution in [0.3, 0.4) is 0 Å². The number of halogens is 1. The van der Waals surface area contributed by atoms with Gasteiger partial charge in [0.05, 0.1) is 18.2 Å². The molecule has 0 N–H and O–H groups in total. The van der Waals surface area contributed by atoms with E-state index in [1.54, 1.807) is 12.3 Å². The van der Waals surface area contributed by atoms with Gasteiger partial charge in [0, 0.05) is 25.0 Å². The molecule has 106 valence electrons. The lowest BCUT2D eigenvalue weighted by atomic mass is 10.0. The summed E-state index contributed by atoms with van der Waals surface area (Å²) in [4.78, 5) is 14.5. The predicted molar refractivity (Wildman–Crippen MR) is 77.3 cm³/mol. The van der Waals surface area contributed by atoms with Crippen LogP contribution < -0.4 is 0 Å². The van der Waals surface area contributed by atoms with Gasteiger partial charge in [-0.1, -0.05) is 0 Å². The molecule has 3 heterocycles. The zero-order valence-corrected chi connectivity index (χ0v) is 12.6. The molecule has 0 saturated carbocycles. The van der Waals surface area contributed by atoms with E-state index in [-0.39, 0.29) is 11.9 Å². The molecule has 3 rings (SSSR count). The number of likely N-dealkylation sites (tertiary alicyclic amines) is 1. The fourth-order valence-electron chi connectivity index (χ4n) is 2.67. The van der Waals surface area contributed by atoms with E-state index in [1.165, 1.54) is 6.26 Å². The molecule has 0 aromatic carbocycles. The molecule has 0 aliphatic carbocycles. The summed E-state index contributed by atoms with van der Waals surface area (Å²) in [5, 5.41) is 4.23. The number of carbonyl (C=O) groups excluding carboxylic acids is 1. The number of nitrogens with zero attached hydrogens (tertiary/aromatic N) is 3. The van der Waals surface area contributed by atoms with Crippen molar-refractivity contribution in [3.63, 3.8) is 0 Å². The number of amides is 1. The normalized spacial score (nSPS) is 19.2. The van der Waals surface area contributed by atoms with E-state index >= 15 is 0 Å². The van der Waals surface area contributed by atoms with Crippen molar-refractivity contribution in [1.29, 1.82) is 0 Å². The molecule has 0 spiro atoms. The maximum absolute atomic E-state index is 12.6. The van der Waals surface area contributed by atoms with E-state index in [0.29, 0.717) is 10.2 Å². The molecule has 0 unspecified atom stereocenters. The fourth-order valence-corrected chi connectivity index (χ4v) is 3.01. The van der Waals surface area contributed by atoms with Crippen molar-refractivity contribution < 1.29 is 9.21 Å². The van der Waals surface area contributed by atoms with Crippen molar-refractivity contribution in [3.8, 4) is 0 Å². The van der Waals surface area contributed by atoms with Crippen LogP contribution in [0, 0.1) is 0 Å². The highest BCUT2D eigenvalue weighted by Gasteiger charge is 2.28. The average Bonchev–Trinajstić information content (AvgIpc) is 3.10. The average molecular weight is 338 g/mol. The van der Waals surface area contributed by atoms with Crippen molar-refractivity contribution >= 4 is 21.8 Å². The standard InChI is InChI=1S/C14H16BrN3O2/c15-13-8-11(10-20-13)14(19)18-7-2-1-4-12(18)9-17-6-3-5-16-17/h3,5-6,8,10,12H,1-2,4,7,9H2/t12-/m1/s1. The third-order valence-corrected chi connectivity index (χ3v) is 4.08. The number of piperidine rings is 1. The first-order valence-corrected chi connectivity index (χ1v) is 7.56. The number of rotatable bonds is 3. The van der Waals surface area contributed by atoms with E-state index in [2.05, 4.69) is 21.0 Å². The van der Waals surface area contributed by atoms with Crippen molar-refractivity contribution in [2.24, 2.45) is 0 Å². The predicted octanol–water partition coefficient (Wildman–Crippen LogP) is 2.93. The monoisotopic (exact) mass is 337 g/mol. The molecule has 6 heteroatoms. The minimum Gasteiger partial charge on any atom is -0.457 e. The second kappa shape index (κ2) is 5.83. The number of hydrogen-bond acceptors (Lipinski definition) is 3. The van der Waals surface area contributed by atoms with E-state index < -0.39 is 0 Å². The Hall–Kier alpha value is -1.56. The van der Waals surface area contributed by atoms with Gasteiger partial charge in [-0.05, 0) is 41.3 Å². The van der Waals surface area contributed by atoms with Gasteiger partial charge in [-0.2, -0.15) is 5.10 Å². The summed E-state index contributed by atoms with van der Waals surface area (Å²) in [5.74, 6) is 0.0382. The molecule has 0 bridgehead atoms. The third kappa shape index (κ3) is 2.80. The van der Waals surface area contributed by atoms with E-state index in [0.717, 1.165) is 32.4 Å². The maximum Gasteiger partial charge on any atom is 0.257 e. The quantitative estimate of drug-likeness (QED) is 0.865. The highest BCUT2D eigenvalue weighted by atomic mass is 79.9. The summed E-state index contributed by atoms with van der Waals surface area (Å²) in [5.41, 5.74) is 0.601. The Morgan fingerprint density at radius 2 is 2.40 bits per heavy atom. The van der Waals surface area contributed by atoms with Crippen LogP contribution in [0.4, 0.5) is 0 Å². The van der Waals surface area contributed by atoms with E-state index in [9.17, 15) is 4.79 Å². The largest absolute Gasteiger partial charge is 0.457 e. The van der Waals surface area contributed by atoms with Gasteiger partial charge in [0.2, 0.25) is 0 Å². The van der Waals surface area contributed by atoms with Crippen LogP contribution >= 0.6 is 15.9 Å². The lowest BCUT2D eigenvalue weighted by Gasteiger charge is -2.35. The molecule has 5 nitrogen and oxygen atoms in total. The van der Waals surface area contributed by atoms with Gasteiger partial charge >= 0.3 is 0 Å². The SMILES string of the molecule is O=C(c1coc(Br)c1)N1CCCC[C@@H]1Cn1cccn1. The summed E-state index contributed by atoms with van der Waals surface area (Å²) in [6.07, 6.45) is 8.44. The summed E-state index contributed by atoms with van der Waals surface area (Å²) in [7, 11) is 0. The Bertz CT molecular complexity index is 579. The van der Waals surface area contributed by atoms with Crippen molar-refractivity contribution in [3.05, 3.63) is 41.0 Å². The van der Waals surface area contributed by atoms with Gasteiger partial charge in [0.25, 0.3) is 5.91 Å². The van der Waals surface area contributed by atoms with Gasteiger partial charge < -0.3 is 9.32 Å². The minimum atomic E-state index is 0.0382. The van der Waals surface area contributed by atoms with Gasteiger partial charge in [0.1, 0.15) is 6.26 Å². The molecular weight excluding hydrogens is 322 g/mol. The molecule has 1 amide bonds. The molecule has 20 heavy (non-hydrogen) atoms. The summed E-state index contributed by atoms with van der Waals surface area (Å²) >= 11 is 3.24. The second-order valence-electron chi connectivity index (χ2n) is 5.02. The first-order valence-electron chi connectivity index (χ1n) is 6.76. The molecule has 2 aromatic rings. The fraction of sp³-hybridized carbons (Fsp3) is 0.429. The summed E-state index contributed by atoms with van der Waals surface area (Å²) in [6.45, 7) is 1.55. The highest BCUT2D eigenvalue weighted by Crippen LogP contribution is 2.23. The van der Waals surface area contributed by atoms with Crippen LogP contribution in [0.1, 0.15) is 29.6 Å². The van der Waals surface area contributed by atoms with E-state index in [1.807, 2.05) is 21.8 Å². The lowest BCUT2D eigenvalue weighted by Crippen LogP contribution is -2.45. The number of hydrogen-bond donors (Lipinski definition) is 0. The Kier molecular flexibility index (Phi) is 3.91. The Morgan fingerprint density at radius 1 is 1.50 bits per heavy atom. The molecule has 1 aliphatic heterocycles. The van der Waals surface area contributed by atoms with Crippen LogP contribution in [0.25, 0.3) is 0 Å². The molecule has 0 radical (unpaired) electrons. The Labute approximate surface area is 125 Å². The van der Waals surface area contributed by atoms with Crippen molar-refractivity contribution in [1.82, 2.24) is 14.7 Å².